The summed E-state index contributed by atoms with van der Waals surface area (Å²) in [5, 5.41) is 10.3. The van der Waals surface area contributed by atoms with Gasteiger partial charge in [0.25, 0.3) is 0 Å². The van der Waals surface area contributed by atoms with Gasteiger partial charge in [-0.3, -0.25) is 0 Å². The van der Waals surface area contributed by atoms with Gasteiger partial charge in [0.05, 0.1) is 28.6 Å². The number of methoxy groups -OCH3 is 1. The predicted octanol–water partition coefficient (Wildman–Crippen LogP) is 2.85. The summed E-state index contributed by atoms with van der Waals surface area (Å²) in [6, 6.07) is 3.38. The Morgan fingerprint density at radius 2 is 2.12 bits per heavy atom. The molecule has 0 atom stereocenters. The Bertz CT molecular complexity index is 616. The highest BCUT2D eigenvalue weighted by atomic mass is 35.5. The van der Waals surface area contributed by atoms with E-state index in [1.54, 1.807) is 30.7 Å². The van der Waals surface area contributed by atoms with Gasteiger partial charge < -0.3 is 14.4 Å². The van der Waals surface area contributed by atoms with Crippen molar-refractivity contribution < 1.29 is 14.6 Å². The van der Waals surface area contributed by atoms with Crippen molar-refractivity contribution >= 4 is 28.5 Å². The number of rotatable bonds is 2. The summed E-state index contributed by atoms with van der Waals surface area (Å²) in [5.74, 6) is -0.459. The number of hydrogen-bond acceptors (Lipinski definition) is 2. The first kappa shape index (κ1) is 11.8. The van der Waals surface area contributed by atoms with Gasteiger partial charge in [-0.15, -0.1) is 0 Å². The van der Waals surface area contributed by atoms with Crippen molar-refractivity contribution in [2.75, 3.05) is 7.11 Å². The van der Waals surface area contributed by atoms with E-state index in [0.29, 0.717) is 27.4 Å². The maximum atomic E-state index is 11.3. The molecule has 0 aliphatic heterocycles. The molecule has 4 nitrogen and oxygen atoms in total. The summed E-state index contributed by atoms with van der Waals surface area (Å²) in [7, 11) is 3.30. The van der Waals surface area contributed by atoms with E-state index in [4.69, 9.17) is 16.3 Å². The van der Waals surface area contributed by atoms with Crippen LogP contribution in [0, 0.1) is 6.92 Å². The lowest BCUT2D eigenvalue weighted by atomic mass is 10.1. The van der Waals surface area contributed by atoms with Gasteiger partial charge in [0.15, 0.2) is 0 Å². The average molecular weight is 254 g/mol. The van der Waals surface area contributed by atoms with Crippen LogP contribution in [0.5, 0.6) is 5.75 Å². The second-order valence-electron chi connectivity index (χ2n) is 3.80. The highest BCUT2D eigenvalue weighted by Gasteiger charge is 2.22. The van der Waals surface area contributed by atoms with Crippen molar-refractivity contribution in [1.29, 1.82) is 0 Å². The van der Waals surface area contributed by atoms with Gasteiger partial charge in [0.2, 0.25) is 0 Å². The molecule has 1 aromatic carbocycles. The Hall–Kier alpha value is -1.68. The van der Waals surface area contributed by atoms with Crippen LogP contribution in [0.15, 0.2) is 12.1 Å². The standard InChI is InChI=1S/C12H12ClNO3/c1-6-9(12(15)16)10-8(17-3)5-4-7(13)11(10)14(6)2/h4-5H,1-3H3,(H,15,16). The molecule has 0 unspecified atom stereocenters. The number of aryl methyl sites for hydroxylation is 1. The summed E-state index contributed by atoms with van der Waals surface area (Å²) in [6.45, 7) is 1.75. The molecular formula is C12H12ClNO3. The molecule has 5 heteroatoms. The zero-order chi connectivity index (χ0) is 12.7. The quantitative estimate of drug-likeness (QED) is 0.895. The largest absolute Gasteiger partial charge is 0.496 e. The van der Waals surface area contributed by atoms with Gasteiger partial charge in [-0.2, -0.15) is 0 Å². The third kappa shape index (κ3) is 1.56. The number of ether oxygens (including phenoxy) is 1. The van der Waals surface area contributed by atoms with Crippen molar-refractivity contribution in [3.63, 3.8) is 0 Å². The van der Waals surface area contributed by atoms with Crippen molar-refractivity contribution in [1.82, 2.24) is 4.57 Å². The smallest absolute Gasteiger partial charge is 0.338 e. The second kappa shape index (κ2) is 3.96. The van der Waals surface area contributed by atoms with Crippen molar-refractivity contribution in [3.8, 4) is 5.75 Å². The highest BCUT2D eigenvalue weighted by molar-refractivity contribution is 6.36. The monoisotopic (exact) mass is 253 g/mol. The number of halogens is 1. The van der Waals surface area contributed by atoms with Crippen LogP contribution in [0.1, 0.15) is 16.1 Å². The number of carbonyl (C=O) groups is 1. The Balaban J connectivity index is 3.04. The van der Waals surface area contributed by atoms with Gasteiger partial charge in [-0.1, -0.05) is 11.6 Å². The van der Waals surface area contributed by atoms with E-state index in [1.165, 1.54) is 7.11 Å². The Morgan fingerprint density at radius 1 is 1.47 bits per heavy atom. The maximum Gasteiger partial charge on any atom is 0.338 e. The SMILES string of the molecule is COc1ccc(Cl)c2c1c(C(=O)O)c(C)n2C. The minimum Gasteiger partial charge on any atom is -0.496 e. The molecular weight excluding hydrogens is 242 g/mol. The third-order valence-electron chi connectivity index (χ3n) is 2.97. The number of carboxylic acid groups (broad SMARTS) is 1. The first-order chi connectivity index (χ1) is 7.99. The number of carboxylic acids is 1. The molecule has 1 heterocycles. The van der Waals surface area contributed by atoms with Crippen molar-refractivity contribution in [2.45, 2.75) is 6.92 Å². The molecule has 0 spiro atoms. The lowest BCUT2D eigenvalue weighted by molar-refractivity contribution is 0.0698. The molecule has 0 fully saturated rings. The van der Waals surface area contributed by atoms with Gasteiger partial charge in [-0.05, 0) is 19.1 Å². The van der Waals surface area contributed by atoms with E-state index >= 15 is 0 Å². The molecule has 0 bridgehead atoms. The molecule has 2 rings (SSSR count). The Labute approximate surface area is 103 Å². The second-order valence-corrected chi connectivity index (χ2v) is 4.21. The fourth-order valence-electron chi connectivity index (χ4n) is 2.06. The van der Waals surface area contributed by atoms with Gasteiger partial charge in [0.1, 0.15) is 5.75 Å². The van der Waals surface area contributed by atoms with Crippen LogP contribution < -0.4 is 4.74 Å². The number of aromatic nitrogens is 1. The number of benzene rings is 1. The summed E-state index contributed by atoms with van der Waals surface area (Å²) >= 11 is 6.11. The molecule has 0 radical (unpaired) electrons. The average Bonchev–Trinajstić information content (AvgIpc) is 2.54. The topological polar surface area (TPSA) is 51.5 Å². The molecule has 0 aliphatic carbocycles. The Morgan fingerprint density at radius 3 is 2.65 bits per heavy atom. The zero-order valence-electron chi connectivity index (χ0n) is 9.74. The summed E-state index contributed by atoms with van der Waals surface area (Å²) in [6.07, 6.45) is 0. The van der Waals surface area contributed by atoms with E-state index in [1.807, 2.05) is 0 Å². The van der Waals surface area contributed by atoms with E-state index in [9.17, 15) is 9.90 Å². The van der Waals surface area contributed by atoms with Crippen LogP contribution in [0.3, 0.4) is 0 Å². The van der Waals surface area contributed by atoms with Gasteiger partial charge in [-0.25, -0.2) is 4.79 Å². The maximum absolute atomic E-state index is 11.3. The van der Waals surface area contributed by atoms with E-state index in [2.05, 4.69) is 0 Å². The van der Waals surface area contributed by atoms with Crippen molar-refractivity contribution in [3.05, 3.63) is 28.4 Å². The number of fused-ring (bicyclic) bond motifs is 1. The molecule has 0 aliphatic rings. The number of aromatic carboxylic acids is 1. The van der Waals surface area contributed by atoms with Crippen LogP contribution in [-0.4, -0.2) is 22.8 Å². The summed E-state index contributed by atoms with van der Waals surface area (Å²) < 4.78 is 6.97. The zero-order valence-corrected chi connectivity index (χ0v) is 10.5. The van der Waals surface area contributed by atoms with Crippen LogP contribution >= 0.6 is 11.6 Å². The summed E-state index contributed by atoms with van der Waals surface area (Å²) in [5.41, 5.74) is 1.57. The van der Waals surface area contributed by atoms with Crippen molar-refractivity contribution in [2.24, 2.45) is 7.05 Å². The predicted molar refractivity (Wildman–Crippen MR) is 66.2 cm³/mol. The van der Waals surface area contributed by atoms with Crippen LogP contribution in [-0.2, 0) is 7.05 Å². The van der Waals surface area contributed by atoms with E-state index in [0.717, 1.165) is 0 Å². The molecule has 0 saturated carbocycles. The van der Waals surface area contributed by atoms with Crippen LogP contribution in [0.4, 0.5) is 0 Å². The van der Waals surface area contributed by atoms with Crippen LogP contribution in [0.25, 0.3) is 10.9 Å². The third-order valence-corrected chi connectivity index (χ3v) is 3.28. The number of hydrogen-bond donors (Lipinski definition) is 1. The first-order valence-corrected chi connectivity index (χ1v) is 5.41. The fraction of sp³-hybridized carbons (Fsp3) is 0.250. The highest BCUT2D eigenvalue weighted by Crippen LogP contribution is 2.37. The lowest BCUT2D eigenvalue weighted by Crippen LogP contribution is -2.00. The summed E-state index contributed by atoms with van der Waals surface area (Å²) in [4.78, 5) is 11.3. The van der Waals surface area contributed by atoms with E-state index < -0.39 is 5.97 Å². The van der Waals surface area contributed by atoms with Gasteiger partial charge >= 0.3 is 5.97 Å². The normalized spacial score (nSPS) is 10.8. The van der Waals surface area contributed by atoms with Crippen LogP contribution in [0.2, 0.25) is 5.02 Å². The molecule has 17 heavy (non-hydrogen) atoms. The van der Waals surface area contributed by atoms with Gasteiger partial charge in [0, 0.05) is 12.7 Å². The lowest BCUT2D eigenvalue weighted by Gasteiger charge is -2.05. The Kier molecular flexibility index (Phi) is 2.75. The molecule has 1 aromatic heterocycles. The van der Waals surface area contributed by atoms with E-state index in [-0.39, 0.29) is 5.56 Å². The molecule has 0 amide bonds. The molecule has 1 N–H and O–H groups in total. The molecule has 2 aromatic rings. The number of nitrogens with zero attached hydrogens (tertiary/aromatic N) is 1. The molecule has 0 saturated heterocycles. The first-order valence-electron chi connectivity index (χ1n) is 5.03. The molecule has 90 valence electrons. The minimum atomic E-state index is -0.978. The minimum absolute atomic E-state index is 0.238. The fourth-order valence-corrected chi connectivity index (χ4v) is 2.35.